The van der Waals surface area contributed by atoms with E-state index in [2.05, 4.69) is 23.6 Å². The van der Waals surface area contributed by atoms with Crippen molar-refractivity contribution in [1.82, 2.24) is 9.80 Å². The van der Waals surface area contributed by atoms with Gasteiger partial charge in [0, 0.05) is 12.6 Å². The molecule has 2 nitrogen and oxygen atoms in total. The van der Waals surface area contributed by atoms with Gasteiger partial charge < -0.3 is 4.90 Å². The molecule has 2 heterocycles. The maximum Gasteiger partial charge on any atom is 0.0223 e. The molecule has 0 saturated carbocycles. The maximum absolute atomic E-state index is 2.78. The summed E-state index contributed by atoms with van der Waals surface area (Å²) in [5.74, 6) is 0.851. The van der Waals surface area contributed by atoms with Crippen LogP contribution in [0.1, 0.15) is 52.4 Å². The molecule has 2 heteroatoms. The largest absolute Gasteiger partial charge is 0.302 e. The van der Waals surface area contributed by atoms with E-state index < -0.39 is 0 Å². The van der Waals surface area contributed by atoms with Crippen LogP contribution in [0.4, 0.5) is 0 Å². The summed E-state index contributed by atoms with van der Waals surface area (Å²) in [7, 11) is 0. The Hall–Kier alpha value is -0.0800. The number of likely N-dealkylation sites (tertiary alicyclic amines) is 2. The molecule has 0 aromatic heterocycles. The first-order valence-corrected chi connectivity index (χ1v) is 7.72. The van der Waals surface area contributed by atoms with Crippen molar-refractivity contribution in [2.45, 2.75) is 58.4 Å². The first-order chi connectivity index (χ1) is 8.25. The summed E-state index contributed by atoms with van der Waals surface area (Å²) in [4.78, 5) is 5.47. The predicted octanol–water partition coefficient (Wildman–Crippen LogP) is 2.98. The van der Waals surface area contributed by atoms with Gasteiger partial charge in [0.2, 0.25) is 0 Å². The second-order valence-electron chi connectivity index (χ2n) is 6.38. The highest BCUT2D eigenvalue weighted by atomic mass is 15.2. The fourth-order valence-corrected chi connectivity index (χ4v) is 3.25. The Kier molecular flexibility index (Phi) is 5.30. The molecule has 0 aliphatic carbocycles. The highest BCUT2D eigenvalue weighted by Gasteiger charge is 2.25. The summed E-state index contributed by atoms with van der Waals surface area (Å²) >= 11 is 0. The lowest BCUT2D eigenvalue weighted by Crippen LogP contribution is -2.46. The Bertz CT molecular complexity index is 209. The molecule has 0 amide bonds. The van der Waals surface area contributed by atoms with Crippen molar-refractivity contribution in [2.75, 3.05) is 32.7 Å². The van der Waals surface area contributed by atoms with Crippen LogP contribution in [0, 0.1) is 5.92 Å². The van der Waals surface area contributed by atoms with Gasteiger partial charge in [0.1, 0.15) is 0 Å². The van der Waals surface area contributed by atoms with Crippen molar-refractivity contribution in [3.05, 3.63) is 0 Å². The molecule has 0 aromatic carbocycles. The van der Waals surface area contributed by atoms with E-state index in [1.54, 1.807) is 0 Å². The fourth-order valence-electron chi connectivity index (χ4n) is 3.25. The number of piperidine rings is 1. The van der Waals surface area contributed by atoms with Crippen molar-refractivity contribution < 1.29 is 0 Å². The molecule has 0 N–H and O–H groups in total. The van der Waals surface area contributed by atoms with E-state index in [9.17, 15) is 0 Å². The molecule has 17 heavy (non-hydrogen) atoms. The first kappa shape index (κ1) is 13.4. The second-order valence-corrected chi connectivity index (χ2v) is 6.38. The van der Waals surface area contributed by atoms with Crippen molar-refractivity contribution >= 4 is 0 Å². The van der Waals surface area contributed by atoms with Crippen LogP contribution in [0.2, 0.25) is 0 Å². The average molecular weight is 238 g/mol. The lowest BCUT2D eigenvalue weighted by Gasteiger charge is -2.38. The monoisotopic (exact) mass is 238 g/mol. The lowest BCUT2D eigenvalue weighted by molar-refractivity contribution is 0.108. The van der Waals surface area contributed by atoms with Gasteiger partial charge in [-0.2, -0.15) is 0 Å². The minimum absolute atomic E-state index is 0.851. The number of hydrogen-bond acceptors (Lipinski definition) is 2. The number of hydrogen-bond donors (Lipinski definition) is 0. The lowest BCUT2D eigenvalue weighted by atomic mass is 10.00. The number of rotatable bonds is 5. The van der Waals surface area contributed by atoms with E-state index >= 15 is 0 Å². The molecule has 100 valence electrons. The highest BCUT2D eigenvalue weighted by molar-refractivity contribution is 4.81. The van der Waals surface area contributed by atoms with Crippen molar-refractivity contribution in [1.29, 1.82) is 0 Å². The molecule has 1 unspecified atom stereocenters. The van der Waals surface area contributed by atoms with E-state index in [-0.39, 0.29) is 0 Å². The normalized spacial score (nSPS) is 28.1. The zero-order chi connectivity index (χ0) is 12.1. The van der Waals surface area contributed by atoms with E-state index in [1.807, 2.05) is 0 Å². The van der Waals surface area contributed by atoms with Crippen molar-refractivity contribution in [2.24, 2.45) is 5.92 Å². The molecular formula is C15H30N2. The van der Waals surface area contributed by atoms with Crippen LogP contribution >= 0.6 is 0 Å². The van der Waals surface area contributed by atoms with E-state index in [0.717, 1.165) is 12.0 Å². The van der Waals surface area contributed by atoms with Crippen LogP contribution in [0.25, 0.3) is 0 Å². The van der Waals surface area contributed by atoms with E-state index in [4.69, 9.17) is 0 Å². The molecule has 2 aliphatic rings. The van der Waals surface area contributed by atoms with E-state index in [1.165, 1.54) is 71.2 Å². The van der Waals surface area contributed by atoms with Gasteiger partial charge in [0.05, 0.1) is 0 Å². The van der Waals surface area contributed by atoms with Gasteiger partial charge in [-0.3, -0.25) is 4.90 Å². The Morgan fingerprint density at radius 1 is 1.00 bits per heavy atom. The quantitative estimate of drug-likeness (QED) is 0.726. The summed E-state index contributed by atoms with van der Waals surface area (Å²) < 4.78 is 0. The van der Waals surface area contributed by atoms with Crippen LogP contribution in [0.3, 0.4) is 0 Å². The summed E-state index contributed by atoms with van der Waals surface area (Å²) in [6.07, 6.45) is 8.55. The van der Waals surface area contributed by atoms with Gasteiger partial charge in [0.25, 0.3) is 0 Å². The van der Waals surface area contributed by atoms with Crippen LogP contribution in [-0.2, 0) is 0 Å². The molecule has 0 radical (unpaired) electrons. The highest BCUT2D eigenvalue weighted by Crippen LogP contribution is 2.20. The smallest absolute Gasteiger partial charge is 0.0223 e. The molecule has 2 saturated heterocycles. The van der Waals surface area contributed by atoms with Crippen LogP contribution in [-0.4, -0.2) is 48.6 Å². The van der Waals surface area contributed by atoms with Crippen LogP contribution in [0.15, 0.2) is 0 Å². The summed E-state index contributed by atoms with van der Waals surface area (Å²) in [5.41, 5.74) is 0. The zero-order valence-electron chi connectivity index (χ0n) is 11.8. The molecule has 0 bridgehead atoms. The summed E-state index contributed by atoms with van der Waals surface area (Å²) in [6.45, 7) is 11.4. The Labute approximate surface area is 107 Å². The molecule has 0 spiro atoms. The maximum atomic E-state index is 2.78. The molecule has 0 aromatic rings. The minimum atomic E-state index is 0.851. The molecular weight excluding hydrogens is 208 g/mol. The van der Waals surface area contributed by atoms with Crippen LogP contribution in [0.5, 0.6) is 0 Å². The minimum Gasteiger partial charge on any atom is -0.302 e. The molecule has 2 rings (SSSR count). The Morgan fingerprint density at radius 3 is 2.41 bits per heavy atom. The summed E-state index contributed by atoms with van der Waals surface area (Å²) in [5, 5.41) is 0. The van der Waals surface area contributed by atoms with Gasteiger partial charge in [-0.05, 0) is 64.2 Å². The SMILES string of the molecule is CC(C)CCN1CCCCC1CN1CCCC1. The van der Waals surface area contributed by atoms with Crippen molar-refractivity contribution in [3.8, 4) is 0 Å². The van der Waals surface area contributed by atoms with Gasteiger partial charge in [-0.15, -0.1) is 0 Å². The van der Waals surface area contributed by atoms with Gasteiger partial charge in [0.15, 0.2) is 0 Å². The predicted molar refractivity (Wildman–Crippen MR) is 74.3 cm³/mol. The molecule has 2 aliphatic heterocycles. The zero-order valence-corrected chi connectivity index (χ0v) is 11.8. The standard InChI is InChI=1S/C15H30N2/c1-14(2)8-12-17-11-4-3-7-15(17)13-16-9-5-6-10-16/h14-15H,3-13H2,1-2H3. The molecule has 1 atom stereocenters. The third-order valence-electron chi connectivity index (χ3n) is 4.41. The third kappa shape index (κ3) is 4.26. The topological polar surface area (TPSA) is 6.48 Å². The first-order valence-electron chi connectivity index (χ1n) is 7.72. The Morgan fingerprint density at radius 2 is 1.71 bits per heavy atom. The van der Waals surface area contributed by atoms with Gasteiger partial charge in [-0.25, -0.2) is 0 Å². The Balaban J connectivity index is 1.78. The molecule has 2 fully saturated rings. The van der Waals surface area contributed by atoms with E-state index in [0.29, 0.717) is 0 Å². The van der Waals surface area contributed by atoms with Gasteiger partial charge >= 0.3 is 0 Å². The van der Waals surface area contributed by atoms with Crippen LogP contribution < -0.4 is 0 Å². The number of nitrogens with zero attached hydrogens (tertiary/aromatic N) is 2. The van der Waals surface area contributed by atoms with Crippen molar-refractivity contribution in [3.63, 3.8) is 0 Å². The third-order valence-corrected chi connectivity index (χ3v) is 4.41. The summed E-state index contributed by atoms with van der Waals surface area (Å²) in [6, 6.07) is 0.862. The van der Waals surface area contributed by atoms with Gasteiger partial charge in [-0.1, -0.05) is 20.3 Å². The second kappa shape index (κ2) is 6.75. The average Bonchev–Trinajstić information content (AvgIpc) is 2.80. The fraction of sp³-hybridized carbons (Fsp3) is 1.00.